The van der Waals surface area contributed by atoms with Crippen LogP contribution < -0.4 is 0 Å². The fraction of sp³-hybridized carbons (Fsp3) is 0.692. The summed E-state index contributed by atoms with van der Waals surface area (Å²) in [6.07, 6.45) is 4.52. The molecule has 0 radical (unpaired) electrons. The molecule has 17 heavy (non-hydrogen) atoms. The summed E-state index contributed by atoms with van der Waals surface area (Å²) in [6.45, 7) is 0.583. The Morgan fingerprint density at radius 2 is 1.65 bits per heavy atom. The highest BCUT2D eigenvalue weighted by molar-refractivity contribution is 6.20. The maximum Gasteiger partial charge on any atom is 0.257 e. The number of hydrogen-bond donors (Lipinski definition) is 1. The maximum absolute atomic E-state index is 12.2. The lowest BCUT2D eigenvalue weighted by molar-refractivity contribution is -0.138. The van der Waals surface area contributed by atoms with Gasteiger partial charge < -0.3 is 5.11 Å². The molecule has 3 rings (SSSR count). The molecule has 0 aromatic carbocycles. The van der Waals surface area contributed by atoms with Gasteiger partial charge in [0.2, 0.25) is 0 Å². The molecule has 2 unspecified atom stereocenters. The topological polar surface area (TPSA) is 57.6 Å². The molecule has 4 nitrogen and oxygen atoms in total. The number of unbranched alkanes of at least 4 members (excludes halogenated alkanes) is 1. The van der Waals surface area contributed by atoms with Crippen LogP contribution in [0.1, 0.15) is 32.1 Å². The van der Waals surface area contributed by atoms with E-state index in [9.17, 15) is 9.59 Å². The summed E-state index contributed by atoms with van der Waals surface area (Å²) >= 11 is 0. The van der Waals surface area contributed by atoms with E-state index < -0.39 is 0 Å². The molecule has 1 saturated carbocycles. The third-order valence-corrected chi connectivity index (χ3v) is 4.28. The minimum absolute atomic E-state index is 0.0462. The molecule has 1 aliphatic heterocycles. The monoisotopic (exact) mass is 235 g/mol. The predicted molar refractivity (Wildman–Crippen MR) is 60.9 cm³/mol. The van der Waals surface area contributed by atoms with Crippen LogP contribution in [0.15, 0.2) is 11.1 Å². The van der Waals surface area contributed by atoms with E-state index in [4.69, 9.17) is 5.11 Å². The Balaban J connectivity index is 1.76. The molecule has 3 aliphatic rings. The van der Waals surface area contributed by atoms with Crippen molar-refractivity contribution in [1.82, 2.24) is 4.90 Å². The lowest BCUT2D eigenvalue weighted by Gasteiger charge is -2.17. The van der Waals surface area contributed by atoms with E-state index in [1.807, 2.05) is 0 Å². The SMILES string of the molecule is O=C1C2=C(C(=O)N1CCCCO)C1CCC2C1. The first-order valence-corrected chi connectivity index (χ1v) is 6.45. The number of carbonyl (C=O) groups is 2. The van der Waals surface area contributed by atoms with Crippen LogP contribution in [0.5, 0.6) is 0 Å². The number of hydrogen-bond acceptors (Lipinski definition) is 3. The van der Waals surface area contributed by atoms with Crippen molar-refractivity contribution in [1.29, 1.82) is 0 Å². The fourth-order valence-corrected chi connectivity index (χ4v) is 3.49. The molecule has 1 N–H and O–H groups in total. The van der Waals surface area contributed by atoms with Crippen molar-refractivity contribution >= 4 is 11.8 Å². The molecule has 2 bridgehead atoms. The lowest BCUT2D eigenvalue weighted by Crippen LogP contribution is -2.34. The summed E-state index contributed by atoms with van der Waals surface area (Å²) in [5.41, 5.74) is 1.66. The van der Waals surface area contributed by atoms with E-state index in [2.05, 4.69) is 0 Å². The Hall–Kier alpha value is -1.16. The first-order chi connectivity index (χ1) is 8.24. The number of amides is 2. The number of aliphatic hydroxyl groups is 1. The van der Waals surface area contributed by atoms with Gasteiger partial charge in [0.15, 0.2) is 0 Å². The van der Waals surface area contributed by atoms with Gasteiger partial charge in [-0.15, -0.1) is 0 Å². The predicted octanol–water partition coefficient (Wildman–Crippen LogP) is 0.854. The molecular weight excluding hydrogens is 218 g/mol. The van der Waals surface area contributed by atoms with Crippen LogP contribution in [0.4, 0.5) is 0 Å². The molecule has 1 heterocycles. The van der Waals surface area contributed by atoms with Crippen molar-refractivity contribution in [3.63, 3.8) is 0 Å². The summed E-state index contributed by atoms with van der Waals surface area (Å²) in [4.78, 5) is 25.7. The van der Waals surface area contributed by atoms with Crippen LogP contribution >= 0.6 is 0 Å². The van der Waals surface area contributed by atoms with Gasteiger partial charge in [0.25, 0.3) is 11.8 Å². The largest absolute Gasteiger partial charge is 0.396 e. The lowest BCUT2D eigenvalue weighted by atomic mass is 9.93. The third-order valence-electron chi connectivity index (χ3n) is 4.28. The Labute approximate surface area is 100 Å². The van der Waals surface area contributed by atoms with E-state index in [-0.39, 0.29) is 18.4 Å². The van der Waals surface area contributed by atoms with Gasteiger partial charge in [-0.2, -0.15) is 0 Å². The van der Waals surface area contributed by atoms with Crippen molar-refractivity contribution in [3.05, 3.63) is 11.1 Å². The van der Waals surface area contributed by atoms with Crippen molar-refractivity contribution in [3.8, 4) is 0 Å². The normalized spacial score (nSPS) is 30.8. The smallest absolute Gasteiger partial charge is 0.257 e. The van der Waals surface area contributed by atoms with Crippen LogP contribution in [0.2, 0.25) is 0 Å². The second-order valence-corrected chi connectivity index (χ2v) is 5.23. The average molecular weight is 235 g/mol. The highest BCUT2D eigenvalue weighted by Gasteiger charge is 2.51. The number of fused-ring (bicyclic) bond motifs is 4. The van der Waals surface area contributed by atoms with Crippen LogP contribution in [0, 0.1) is 11.8 Å². The zero-order valence-electron chi connectivity index (χ0n) is 9.82. The van der Waals surface area contributed by atoms with Gasteiger partial charge >= 0.3 is 0 Å². The molecule has 4 heteroatoms. The number of carbonyl (C=O) groups excluding carboxylic acids is 2. The average Bonchev–Trinajstić information content (AvgIpc) is 2.97. The number of nitrogens with zero attached hydrogens (tertiary/aromatic N) is 1. The molecule has 2 aliphatic carbocycles. The van der Waals surface area contributed by atoms with Crippen molar-refractivity contribution in [2.24, 2.45) is 11.8 Å². The third kappa shape index (κ3) is 1.47. The molecule has 0 spiro atoms. The first-order valence-electron chi connectivity index (χ1n) is 6.45. The molecule has 2 atom stereocenters. The zero-order chi connectivity index (χ0) is 12.0. The van der Waals surface area contributed by atoms with E-state index in [0.717, 1.165) is 30.4 Å². The molecule has 0 saturated heterocycles. The molecule has 0 aromatic rings. The molecule has 1 fully saturated rings. The fourth-order valence-electron chi connectivity index (χ4n) is 3.49. The van der Waals surface area contributed by atoms with Crippen LogP contribution in [0.3, 0.4) is 0 Å². The van der Waals surface area contributed by atoms with Gasteiger partial charge in [0, 0.05) is 24.3 Å². The van der Waals surface area contributed by atoms with Gasteiger partial charge in [0.1, 0.15) is 0 Å². The van der Waals surface area contributed by atoms with Crippen LogP contribution in [-0.4, -0.2) is 35.0 Å². The van der Waals surface area contributed by atoms with E-state index in [0.29, 0.717) is 31.2 Å². The van der Waals surface area contributed by atoms with Gasteiger partial charge in [-0.3, -0.25) is 14.5 Å². The highest BCUT2D eigenvalue weighted by atomic mass is 16.3. The summed E-state index contributed by atoms with van der Waals surface area (Å²) in [7, 11) is 0. The van der Waals surface area contributed by atoms with E-state index >= 15 is 0 Å². The van der Waals surface area contributed by atoms with Crippen LogP contribution in [-0.2, 0) is 9.59 Å². The molecular formula is C13H17NO3. The first kappa shape index (κ1) is 11.0. The summed E-state index contributed by atoms with van der Waals surface area (Å²) < 4.78 is 0. The number of imide groups is 1. The van der Waals surface area contributed by atoms with Gasteiger partial charge in [-0.1, -0.05) is 0 Å². The second kappa shape index (κ2) is 3.95. The number of aliphatic hydroxyl groups excluding tert-OH is 1. The Bertz CT molecular complexity index is 381. The molecule has 92 valence electrons. The van der Waals surface area contributed by atoms with Gasteiger partial charge in [-0.05, 0) is 43.9 Å². The minimum Gasteiger partial charge on any atom is -0.396 e. The summed E-state index contributed by atoms with van der Waals surface area (Å²) in [5, 5.41) is 8.73. The maximum atomic E-state index is 12.2. The van der Waals surface area contributed by atoms with Crippen molar-refractivity contribution < 1.29 is 14.7 Å². The standard InChI is InChI=1S/C13H17NO3/c15-6-2-1-5-14-12(16)10-8-3-4-9(7-8)11(10)13(14)17/h8-9,15H,1-7H2. The molecule has 2 amide bonds. The van der Waals surface area contributed by atoms with Crippen molar-refractivity contribution in [2.75, 3.05) is 13.2 Å². The van der Waals surface area contributed by atoms with E-state index in [1.54, 1.807) is 0 Å². The van der Waals surface area contributed by atoms with Gasteiger partial charge in [-0.25, -0.2) is 0 Å². The number of likely N-dealkylation sites (tertiary alicyclic amines) is 1. The highest BCUT2D eigenvalue weighted by Crippen LogP contribution is 2.52. The Kier molecular flexibility index (Phi) is 2.54. The zero-order valence-corrected chi connectivity index (χ0v) is 9.82. The van der Waals surface area contributed by atoms with Gasteiger partial charge in [0.05, 0.1) is 0 Å². The quantitative estimate of drug-likeness (QED) is 0.580. The Morgan fingerprint density at radius 1 is 1.06 bits per heavy atom. The molecule has 0 aromatic heterocycles. The summed E-state index contributed by atoms with van der Waals surface area (Å²) in [5.74, 6) is 0.619. The van der Waals surface area contributed by atoms with Crippen LogP contribution in [0.25, 0.3) is 0 Å². The Morgan fingerprint density at radius 3 is 2.18 bits per heavy atom. The second-order valence-electron chi connectivity index (χ2n) is 5.23. The minimum atomic E-state index is -0.0462. The summed E-state index contributed by atoms with van der Waals surface area (Å²) in [6, 6.07) is 0. The number of rotatable bonds is 4. The van der Waals surface area contributed by atoms with Crippen molar-refractivity contribution in [2.45, 2.75) is 32.1 Å². The van der Waals surface area contributed by atoms with E-state index in [1.165, 1.54) is 4.90 Å².